The highest BCUT2D eigenvalue weighted by molar-refractivity contribution is 5.85. The highest BCUT2D eigenvalue weighted by Gasteiger charge is 2.32. The number of aromatic nitrogens is 1. The Balaban J connectivity index is 1.41. The van der Waals surface area contributed by atoms with Crippen molar-refractivity contribution in [3.63, 3.8) is 0 Å². The minimum atomic E-state index is -1.02. The van der Waals surface area contributed by atoms with Crippen LogP contribution in [0.4, 0.5) is 0 Å². The number of carbonyl (C=O) groups excluding carboxylic acids is 1. The van der Waals surface area contributed by atoms with Crippen molar-refractivity contribution in [2.24, 2.45) is 5.41 Å². The van der Waals surface area contributed by atoms with Crippen LogP contribution in [0.15, 0.2) is 18.3 Å². The molecule has 0 aromatic carbocycles. The van der Waals surface area contributed by atoms with Crippen molar-refractivity contribution in [2.45, 2.75) is 76.9 Å². The third-order valence-corrected chi connectivity index (χ3v) is 6.67. The summed E-state index contributed by atoms with van der Waals surface area (Å²) in [5, 5.41) is 18.7. The Labute approximate surface area is 178 Å². The lowest BCUT2D eigenvalue weighted by Gasteiger charge is -2.36. The van der Waals surface area contributed by atoms with Gasteiger partial charge in [0, 0.05) is 19.3 Å². The molecule has 0 bridgehead atoms. The third-order valence-electron chi connectivity index (χ3n) is 6.67. The van der Waals surface area contributed by atoms with E-state index in [2.05, 4.69) is 11.9 Å². The largest absolute Gasteiger partial charge is 0.477 e. The quantitative estimate of drug-likeness (QED) is 0.705. The van der Waals surface area contributed by atoms with E-state index in [9.17, 15) is 14.7 Å². The van der Waals surface area contributed by atoms with Gasteiger partial charge >= 0.3 is 5.97 Å². The van der Waals surface area contributed by atoms with Gasteiger partial charge in [-0.25, -0.2) is 9.78 Å². The molecule has 2 fully saturated rings. The van der Waals surface area contributed by atoms with Crippen LogP contribution in [0.1, 0.15) is 80.8 Å². The summed E-state index contributed by atoms with van der Waals surface area (Å²) in [5.41, 5.74) is 1.19. The van der Waals surface area contributed by atoms with Crippen LogP contribution in [-0.4, -0.2) is 63.9 Å². The van der Waals surface area contributed by atoms with Gasteiger partial charge in [-0.2, -0.15) is 0 Å². The Morgan fingerprint density at radius 2 is 1.90 bits per heavy atom. The molecule has 0 unspecified atom stereocenters. The maximum Gasteiger partial charge on any atom is 0.354 e. The summed E-state index contributed by atoms with van der Waals surface area (Å²) in [6.07, 6.45) is 7.04. The highest BCUT2D eigenvalue weighted by atomic mass is 16.5. The number of aliphatic hydroxyl groups is 1. The monoisotopic (exact) mass is 418 g/mol. The Kier molecular flexibility index (Phi) is 7.47. The van der Waals surface area contributed by atoms with E-state index < -0.39 is 5.97 Å². The van der Waals surface area contributed by atoms with Gasteiger partial charge < -0.3 is 19.8 Å². The van der Waals surface area contributed by atoms with Crippen molar-refractivity contribution in [1.29, 1.82) is 0 Å². The molecule has 7 nitrogen and oxygen atoms in total. The summed E-state index contributed by atoms with van der Waals surface area (Å²) in [4.78, 5) is 29.5. The molecule has 1 aromatic rings. The van der Waals surface area contributed by atoms with Crippen LogP contribution in [0.3, 0.4) is 0 Å². The Hall–Kier alpha value is -1.99. The van der Waals surface area contributed by atoms with Gasteiger partial charge in [0.15, 0.2) is 0 Å². The molecule has 2 N–H and O–H groups in total. The standard InChI is InChI=1S/C23H34N2O5/c1-16(30-15-23(2)9-5-19(26)6-10-23)13-21(27)25-11-7-17(8-12-25)18-3-4-20(22(28)29)24-14-18/h3-4,14,16-17,19,26H,5-13,15H2,1-2H3,(H,28,29)/t16-,19?,23?/m1/s1. The van der Waals surface area contributed by atoms with Crippen LogP contribution in [0.2, 0.25) is 0 Å². The Morgan fingerprint density at radius 3 is 2.47 bits per heavy atom. The van der Waals surface area contributed by atoms with Gasteiger partial charge in [0.05, 0.1) is 25.2 Å². The molecule has 0 radical (unpaired) electrons. The number of pyridine rings is 1. The molecule has 2 heterocycles. The molecular weight excluding hydrogens is 384 g/mol. The molecule has 1 atom stereocenters. The molecule has 1 amide bonds. The van der Waals surface area contributed by atoms with Gasteiger partial charge in [-0.3, -0.25) is 4.79 Å². The number of rotatable bonds is 7. The van der Waals surface area contributed by atoms with E-state index in [1.165, 1.54) is 0 Å². The summed E-state index contributed by atoms with van der Waals surface area (Å²) in [6, 6.07) is 3.38. The van der Waals surface area contributed by atoms with E-state index >= 15 is 0 Å². The third kappa shape index (κ3) is 6.01. The van der Waals surface area contributed by atoms with Gasteiger partial charge in [0.2, 0.25) is 5.91 Å². The second-order valence-electron chi connectivity index (χ2n) is 9.30. The van der Waals surface area contributed by atoms with Crippen molar-refractivity contribution >= 4 is 11.9 Å². The maximum atomic E-state index is 12.7. The van der Waals surface area contributed by atoms with Crippen molar-refractivity contribution in [1.82, 2.24) is 9.88 Å². The van der Waals surface area contributed by atoms with E-state index in [1.54, 1.807) is 12.3 Å². The second-order valence-corrected chi connectivity index (χ2v) is 9.30. The van der Waals surface area contributed by atoms with Crippen LogP contribution in [0.5, 0.6) is 0 Å². The molecule has 2 aliphatic rings. The molecule has 1 aliphatic carbocycles. The van der Waals surface area contributed by atoms with Crippen LogP contribution >= 0.6 is 0 Å². The van der Waals surface area contributed by atoms with Crippen LogP contribution in [0, 0.1) is 5.41 Å². The van der Waals surface area contributed by atoms with Crippen LogP contribution in [0.25, 0.3) is 0 Å². The SMILES string of the molecule is C[C@H](CC(=O)N1CCC(c2ccc(C(=O)O)nc2)CC1)OCC1(C)CCC(O)CC1. The zero-order chi connectivity index (χ0) is 21.7. The molecule has 1 aliphatic heterocycles. The van der Waals surface area contributed by atoms with E-state index in [0.717, 1.165) is 44.1 Å². The molecule has 0 spiro atoms. The van der Waals surface area contributed by atoms with Gasteiger partial charge in [-0.15, -0.1) is 0 Å². The summed E-state index contributed by atoms with van der Waals surface area (Å²) in [6.45, 7) is 6.20. The van der Waals surface area contributed by atoms with Crippen LogP contribution < -0.4 is 0 Å². The van der Waals surface area contributed by atoms with E-state index in [4.69, 9.17) is 9.84 Å². The number of hydrogen-bond acceptors (Lipinski definition) is 5. The first-order chi connectivity index (χ1) is 14.3. The van der Waals surface area contributed by atoms with E-state index in [0.29, 0.717) is 32.0 Å². The topological polar surface area (TPSA) is 100.0 Å². The number of carbonyl (C=O) groups is 2. The number of carboxylic acids is 1. The number of nitrogens with zero attached hydrogens (tertiary/aromatic N) is 2. The summed E-state index contributed by atoms with van der Waals surface area (Å²) in [5.74, 6) is -0.586. The zero-order valence-electron chi connectivity index (χ0n) is 18.0. The number of aromatic carboxylic acids is 1. The Bertz CT molecular complexity index is 720. The highest BCUT2D eigenvalue weighted by Crippen LogP contribution is 2.36. The maximum absolute atomic E-state index is 12.7. The van der Waals surface area contributed by atoms with Gasteiger partial charge in [0.25, 0.3) is 0 Å². The van der Waals surface area contributed by atoms with Crippen LogP contribution in [-0.2, 0) is 9.53 Å². The Morgan fingerprint density at radius 1 is 1.23 bits per heavy atom. The minimum absolute atomic E-state index is 0.0543. The first-order valence-corrected chi connectivity index (χ1v) is 11.0. The molecule has 3 rings (SSSR count). The molecule has 166 valence electrons. The lowest BCUT2D eigenvalue weighted by atomic mass is 9.75. The number of aliphatic hydroxyl groups excluding tert-OH is 1. The average molecular weight is 419 g/mol. The number of likely N-dealkylation sites (tertiary alicyclic amines) is 1. The predicted molar refractivity (Wildman–Crippen MR) is 112 cm³/mol. The predicted octanol–water partition coefficient (Wildman–Crippen LogP) is 3.22. The fraction of sp³-hybridized carbons (Fsp3) is 0.696. The number of carboxylic acid groups (broad SMARTS) is 1. The first kappa shape index (κ1) is 22.7. The van der Waals surface area contributed by atoms with Crippen molar-refractivity contribution in [3.8, 4) is 0 Å². The molecule has 1 saturated heterocycles. The molecular formula is C23H34N2O5. The zero-order valence-corrected chi connectivity index (χ0v) is 18.0. The fourth-order valence-corrected chi connectivity index (χ4v) is 4.46. The lowest BCUT2D eigenvalue weighted by Crippen LogP contribution is -2.40. The fourth-order valence-electron chi connectivity index (χ4n) is 4.46. The number of hydrogen-bond donors (Lipinski definition) is 2. The smallest absolute Gasteiger partial charge is 0.354 e. The molecule has 30 heavy (non-hydrogen) atoms. The summed E-state index contributed by atoms with van der Waals surface area (Å²) >= 11 is 0. The molecule has 1 aromatic heterocycles. The lowest BCUT2D eigenvalue weighted by molar-refractivity contribution is -0.135. The molecule has 7 heteroatoms. The van der Waals surface area contributed by atoms with Crippen molar-refractivity contribution in [2.75, 3.05) is 19.7 Å². The van der Waals surface area contributed by atoms with Crippen molar-refractivity contribution in [3.05, 3.63) is 29.6 Å². The van der Waals surface area contributed by atoms with Gasteiger partial charge in [0.1, 0.15) is 5.69 Å². The summed E-state index contributed by atoms with van der Waals surface area (Å²) in [7, 11) is 0. The van der Waals surface area contributed by atoms with E-state index in [-0.39, 0.29) is 29.2 Å². The number of piperidine rings is 1. The number of amides is 1. The van der Waals surface area contributed by atoms with Crippen molar-refractivity contribution < 1.29 is 24.5 Å². The minimum Gasteiger partial charge on any atom is -0.477 e. The first-order valence-electron chi connectivity index (χ1n) is 11.0. The molecule has 1 saturated carbocycles. The van der Waals surface area contributed by atoms with Gasteiger partial charge in [-0.05, 0) is 68.4 Å². The second kappa shape index (κ2) is 9.88. The van der Waals surface area contributed by atoms with E-state index in [1.807, 2.05) is 17.9 Å². The van der Waals surface area contributed by atoms with Gasteiger partial charge in [-0.1, -0.05) is 13.0 Å². The average Bonchev–Trinajstić information content (AvgIpc) is 2.75. The number of ether oxygens (including phenoxy) is 1. The normalized spacial score (nSPS) is 26.4. The summed E-state index contributed by atoms with van der Waals surface area (Å²) < 4.78 is 6.02.